The molecule has 0 aliphatic rings. The summed E-state index contributed by atoms with van der Waals surface area (Å²) in [5, 5.41) is 0. The van der Waals surface area contributed by atoms with Crippen LogP contribution in [0.1, 0.15) is 0 Å². The van der Waals surface area contributed by atoms with E-state index in [1.807, 2.05) is 0 Å². The van der Waals surface area contributed by atoms with Gasteiger partial charge >= 0.3 is 12.4 Å². The van der Waals surface area contributed by atoms with Crippen molar-refractivity contribution in [3.05, 3.63) is 0 Å². The van der Waals surface area contributed by atoms with Gasteiger partial charge in [0, 0.05) is 21.3 Å². The average Bonchev–Trinajstić information content (AvgIpc) is 1.82. The molecule has 0 saturated carbocycles. The zero-order valence-corrected chi connectivity index (χ0v) is 7.66. The van der Waals surface area contributed by atoms with Crippen molar-refractivity contribution in [3.63, 3.8) is 0 Å². The maximum atomic E-state index is 11.4. The number of hydrogen-bond acceptors (Lipinski definition) is 2. The zero-order chi connectivity index (χ0) is 12.0. The van der Waals surface area contributed by atoms with E-state index >= 15 is 0 Å². The highest BCUT2D eigenvalue weighted by molar-refractivity contribution is 4.74. The molecule has 0 rings (SSSR count). The van der Waals surface area contributed by atoms with Crippen molar-refractivity contribution in [3.8, 4) is 0 Å². The van der Waals surface area contributed by atoms with Crippen LogP contribution in [0.4, 0.5) is 26.3 Å². The van der Waals surface area contributed by atoms with Gasteiger partial charge in [-0.05, 0) is 0 Å². The molecule has 0 radical (unpaired) electrons. The van der Waals surface area contributed by atoms with Crippen LogP contribution in [0.15, 0.2) is 0 Å². The molecule has 0 aliphatic carbocycles. The van der Waals surface area contributed by atoms with Gasteiger partial charge in [-0.3, -0.25) is 0 Å². The second kappa shape index (κ2) is 6.07. The van der Waals surface area contributed by atoms with Gasteiger partial charge < -0.3 is 9.47 Å². The maximum Gasteiger partial charge on any atom is 0.423 e. The molecule has 0 aromatic rings. The summed E-state index contributed by atoms with van der Waals surface area (Å²) in [5.74, 6) is 0. The van der Waals surface area contributed by atoms with E-state index < -0.39 is 18.5 Å². The fourth-order valence-electron chi connectivity index (χ4n) is 0.453. The number of halogens is 6. The molecule has 0 unspecified atom stereocenters. The lowest BCUT2D eigenvalue weighted by Crippen LogP contribution is -2.43. The molecule has 88 valence electrons. The van der Waals surface area contributed by atoms with Crippen LogP contribution < -0.4 is 0 Å². The van der Waals surface area contributed by atoms with Crippen molar-refractivity contribution in [1.82, 2.24) is 0 Å². The average molecular weight is 228 g/mol. The molecule has 0 spiro atoms. The molecule has 0 amide bonds. The molecular formula is C6H10F6O2. The van der Waals surface area contributed by atoms with Crippen molar-refractivity contribution in [2.24, 2.45) is 0 Å². The minimum atomic E-state index is -5.40. The van der Waals surface area contributed by atoms with Crippen molar-refractivity contribution in [2.75, 3.05) is 21.3 Å². The van der Waals surface area contributed by atoms with Gasteiger partial charge in [-0.15, -0.1) is 0 Å². The third-order valence-electron chi connectivity index (χ3n) is 0.830. The Labute approximate surface area is 76.8 Å². The van der Waals surface area contributed by atoms with E-state index in [0.717, 1.165) is 0 Å². The van der Waals surface area contributed by atoms with E-state index in [1.165, 1.54) is 0 Å². The summed E-state index contributed by atoms with van der Waals surface area (Å²) in [6, 6.07) is 0. The van der Waals surface area contributed by atoms with E-state index in [1.54, 1.807) is 14.2 Å². The van der Waals surface area contributed by atoms with Crippen LogP contribution in [0.2, 0.25) is 0 Å². The highest BCUT2D eigenvalue weighted by Gasteiger charge is 2.57. The Morgan fingerprint density at radius 3 is 1.00 bits per heavy atom. The van der Waals surface area contributed by atoms with E-state index in [0.29, 0.717) is 7.11 Å². The maximum absolute atomic E-state index is 11.4. The molecule has 0 heterocycles. The topological polar surface area (TPSA) is 18.5 Å². The van der Waals surface area contributed by atoms with Gasteiger partial charge in [-0.25, -0.2) is 0 Å². The lowest BCUT2D eigenvalue weighted by molar-refractivity contribution is -0.315. The van der Waals surface area contributed by atoms with Crippen LogP contribution in [-0.2, 0) is 9.47 Å². The molecule has 2 nitrogen and oxygen atoms in total. The van der Waals surface area contributed by atoms with Gasteiger partial charge in [0.2, 0.25) is 6.10 Å². The summed E-state index contributed by atoms with van der Waals surface area (Å²) in [6.45, 7) is 0. The standard InChI is InChI=1S/C4H4F6O.C2H6O/c1-11-2(3(5,6)7)4(8,9)10;1-3-2/h2H,1H3;1-2H3. The first-order chi connectivity index (χ1) is 6.11. The zero-order valence-electron chi connectivity index (χ0n) is 7.66. The SMILES string of the molecule is COC.COC(C(F)(F)F)C(F)(F)F. The lowest BCUT2D eigenvalue weighted by Gasteiger charge is -2.20. The van der Waals surface area contributed by atoms with Crippen LogP contribution in [-0.4, -0.2) is 39.8 Å². The van der Waals surface area contributed by atoms with Gasteiger partial charge in [0.05, 0.1) is 0 Å². The molecule has 14 heavy (non-hydrogen) atoms. The van der Waals surface area contributed by atoms with Gasteiger partial charge in [0.1, 0.15) is 0 Å². The van der Waals surface area contributed by atoms with Crippen LogP contribution in [0, 0.1) is 0 Å². The van der Waals surface area contributed by atoms with Crippen molar-refractivity contribution in [1.29, 1.82) is 0 Å². The summed E-state index contributed by atoms with van der Waals surface area (Å²) in [5.41, 5.74) is 0. The molecule has 0 fully saturated rings. The van der Waals surface area contributed by atoms with Crippen LogP contribution in [0.5, 0.6) is 0 Å². The van der Waals surface area contributed by atoms with Gasteiger partial charge in [0.25, 0.3) is 0 Å². The summed E-state index contributed by atoms with van der Waals surface area (Å²) >= 11 is 0. The van der Waals surface area contributed by atoms with E-state index in [-0.39, 0.29) is 0 Å². The quantitative estimate of drug-likeness (QED) is 0.641. The molecule has 0 bridgehead atoms. The molecule has 8 heteroatoms. The molecular weight excluding hydrogens is 218 g/mol. The Kier molecular flexibility index (Phi) is 6.92. The van der Waals surface area contributed by atoms with Crippen molar-refractivity contribution >= 4 is 0 Å². The van der Waals surface area contributed by atoms with E-state index in [4.69, 9.17) is 0 Å². The Morgan fingerprint density at radius 2 is 1.00 bits per heavy atom. The third kappa shape index (κ3) is 6.96. The lowest BCUT2D eigenvalue weighted by atomic mass is 10.3. The number of rotatable bonds is 1. The first kappa shape index (κ1) is 15.9. The van der Waals surface area contributed by atoms with E-state index in [9.17, 15) is 26.3 Å². The van der Waals surface area contributed by atoms with Gasteiger partial charge in [-0.1, -0.05) is 0 Å². The first-order valence-corrected chi connectivity index (χ1v) is 3.17. The fraction of sp³-hybridized carbons (Fsp3) is 1.00. The normalized spacial score (nSPS) is 12.4. The number of methoxy groups -OCH3 is 2. The highest BCUT2D eigenvalue weighted by atomic mass is 19.4. The summed E-state index contributed by atoms with van der Waals surface area (Å²) in [7, 11) is 3.60. The predicted octanol–water partition coefficient (Wildman–Crippen LogP) is 2.39. The van der Waals surface area contributed by atoms with Crippen LogP contribution >= 0.6 is 0 Å². The number of ether oxygens (including phenoxy) is 2. The summed E-state index contributed by atoms with van der Waals surface area (Å²) in [6.07, 6.45) is -14.5. The van der Waals surface area contributed by atoms with Gasteiger partial charge in [0.15, 0.2) is 0 Å². The third-order valence-corrected chi connectivity index (χ3v) is 0.830. The molecule has 0 aromatic carbocycles. The highest BCUT2D eigenvalue weighted by Crippen LogP contribution is 2.34. The molecule has 0 atom stereocenters. The van der Waals surface area contributed by atoms with Crippen molar-refractivity contribution < 1.29 is 35.8 Å². The van der Waals surface area contributed by atoms with Crippen LogP contribution in [0.3, 0.4) is 0 Å². The van der Waals surface area contributed by atoms with Crippen LogP contribution in [0.25, 0.3) is 0 Å². The smallest absolute Gasteiger partial charge is 0.388 e. The number of hydrogen-bond donors (Lipinski definition) is 0. The summed E-state index contributed by atoms with van der Waals surface area (Å²) < 4.78 is 75.7. The van der Waals surface area contributed by atoms with E-state index in [2.05, 4.69) is 9.47 Å². The first-order valence-electron chi connectivity index (χ1n) is 3.17. The molecule has 0 aliphatic heterocycles. The predicted molar refractivity (Wildman–Crippen MR) is 35.8 cm³/mol. The van der Waals surface area contributed by atoms with Crippen molar-refractivity contribution in [2.45, 2.75) is 18.5 Å². The molecule has 0 aromatic heterocycles. The van der Waals surface area contributed by atoms with Gasteiger partial charge in [-0.2, -0.15) is 26.3 Å². The Balaban J connectivity index is 0. The Morgan fingerprint density at radius 1 is 0.786 bits per heavy atom. The fourth-order valence-corrected chi connectivity index (χ4v) is 0.453. The minimum Gasteiger partial charge on any atom is -0.388 e. The summed E-state index contributed by atoms with van der Waals surface area (Å²) in [4.78, 5) is 0. The Hall–Kier alpha value is -0.500. The minimum absolute atomic E-state index is 0.353. The Bertz CT molecular complexity index is 126. The molecule has 0 N–H and O–H groups in total. The largest absolute Gasteiger partial charge is 0.423 e. The number of alkyl halides is 6. The second-order valence-electron chi connectivity index (χ2n) is 2.11. The second-order valence-corrected chi connectivity index (χ2v) is 2.11. The monoisotopic (exact) mass is 228 g/mol. The molecule has 0 saturated heterocycles.